The first-order valence-corrected chi connectivity index (χ1v) is 8.66. The van der Waals surface area contributed by atoms with E-state index in [2.05, 4.69) is 6.58 Å². The van der Waals surface area contributed by atoms with Crippen LogP contribution in [0, 0.1) is 11.8 Å². The molecule has 5 nitrogen and oxygen atoms in total. The molecule has 0 aromatic heterocycles. The molecule has 4 rings (SSSR count). The zero-order valence-corrected chi connectivity index (χ0v) is 14.1. The van der Waals surface area contributed by atoms with Crippen LogP contribution in [0.2, 0.25) is 0 Å². The summed E-state index contributed by atoms with van der Waals surface area (Å²) in [5.41, 5.74) is 3.58. The van der Waals surface area contributed by atoms with E-state index in [9.17, 15) is 14.7 Å². The van der Waals surface area contributed by atoms with E-state index in [4.69, 9.17) is 4.74 Å². The Kier molecular flexibility index (Phi) is 3.76. The van der Waals surface area contributed by atoms with Crippen molar-refractivity contribution in [1.29, 1.82) is 0 Å². The number of hydrogen-bond acceptors (Lipinski definition) is 4. The van der Waals surface area contributed by atoms with Gasteiger partial charge in [0, 0.05) is 12.1 Å². The maximum Gasteiger partial charge on any atom is 0.339 e. The van der Waals surface area contributed by atoms with Crippen molar-refractivity contribution in [3.05, 3.63) is 53.7 Å². The number of carbonyl (C=O) groups excluding carboxylic acids is 2. The third kappa shape index (κ3) is 2.26. The zero-order chi connectivity index (χ0) is 17.7. The van der Waals surface area contributed by atoms with Gasteiger partial charge in [0.2, 0.25) is 5.91 Å². The van der Waals surface area contributed by atoms with Gasteiger partial charge in [-0.1, -0.05) is 24.8 Å². The van der Waals surface area contributed by atoms with Crippen molar-refractivity contribution in [2.45, 2.75) is 31.9 Å². The van der Waals surface area contributed by atoms with Crippen LogP contribution in [0.4, 0.5) is 0 Å². The number of esters is 1. The highest BCUT2D eigenvalue weighted by molar-refractivity contribution is 5.99. The summed E-state index contributed by atoms with van der Waals surface area (Å²) in [6.07, 6.45) is 4.53. The summed E-state index contributed by atoms with van der Waals surface area (Å²) >= 11 is 0. The average Bonchev–Trinajstić information content (AvgIpc) is 2.93. The zero-order valence-electron chi connectivity index (χ0n) is 14.1. The number of nitrogens with zero attached hydrogens (tertiary/aromatic N) is 1. The smallest absolute Gasteiger partial charge is 0.339 e. The first-order valence-electron chi connectivity index (χ1n) is 8.66. The first-order chi connectivity index (χ1) is 12.0. The fourth-order valence-electron chi connectivity index (χ4n) is 4.49. The van der Waals surface area contributed by atoms with E-state index in [1.165, 1.54) is 0 Å². The highest BCUT2D eigenvalue weighted by Crippen LogP contribution is 2.51. The summed E-state index contributed by atoms with van der Waals surface area (Å²) in [4.78, 5) is 26.5. The number of aryl methyl sites for hydroxylation is 1. The standard InChI is InChI=1S/C20H21NO4/c1-3-9-25-20(24)14-6-4-5-12-7-8-13-15(17(12)14)10-21-18(13)16(11(2)22)19(21)23/h3-6,10-11,13,16,18,22H,1,7-9H2,2H3/t11-,13-,16-,18-/m1/s1. The van der Waals surface area contributed by atoms with Crippen molar-refractivity contribution >= 4 is 17.4 Å². The molecule has 1 amide bonds. The predicted molar refractivity (Wildman–Crippen MR) is 92.5 cm³/mol. The number of benzene rings is 1. The van der Waals surface area contributed by atoms with Gasteiger partial charge >= 0.3 is 5.97 Å². The Hall–Kier alpha value is -2.40. The highest BCUT2D eigenvalue weighted by Gasteiger charge is 2.57. The van der Waals surface area contributed by atoms with Gasteiger partial charge in [-0.25, -0.2) is 4.79 Å². The molecule has 5 heteroatoms. The summed E-state index contributed by atoms with van der Waals surface area (Å²) < 4.78 is 5.24. The van der Waals surface area contributed by atoms with Crippen LogP contribution in [0.15, 0.2) is 37.1 Å². The summed E-state index contributed by atoms with van der Waals surface area (Å²) in [6, 6.07) is 5.68. The molecule has 1 aromatic carbocycles. The van der Waals surface area contributed by atoms with Gasteiger partial charge in [-0.15, -0.1) is 0 Å². The Morgan fingerprint density at radius 1 is 1.52 bits per heavy atom. The second-order valence-electron chi connectivity index (χ2n) is 6.96. The van der Waals surface area contributed by atoms with E-state index in [-0.39, 0.29) is 36.4 Å². The van der Waals surface area contributed by atoms with E-state index < -0.39 is 6.10 Å². The maximum atomic E-state index is 12.5. The minimum atomic E-state index is -0.657. The van der Waals surface area contributed by atoms with Crippen molar-refractivity contribution in [2.24, 2.45) is 11.8 Å². The molecular formula is C20H21NO4. The average molecular weight is 339 g/mol. The molecule has 25 heavy (non-hydrogen) atoms. The minimum absolute atomic E-state index is 0.00732. The molecule has 1 N–H and O–H groups in total. The molecule has 0 unspecified atom stereocenters. The third-order valence-corrected chi connectivity index (χ3v) is 5.55. The molecular weight excluding hydrogens is 318 g/mol. The van der Waals surface area contributed by atoms with Gasteiger partial charge in [0.1, 0.15) is 6.61 Å². The lowest BCUT2D eigenvalue weighted by Gasteiger charge is -2.46. The number of aliphatic hydroxyl groups is 1. The topological polar surface area (TPSA) is 66.8 Å². The Labute approximate surface area is 146 Å². The fraction of sp³-hybridized carbons (Fsp3) is 0.400. The van der Waals surface area contributed by atoms with Crippen LogP contribution in [0.25, 0.3) is 5.57 Å². The van der Waals surface area contributed by atoms with Gasteiger partial charge in [0.25, 0.3) is 0 Å². The van der Waals surface area contributed by atoms with Gasteiger partial charge in [-0.05, 0) is 42.5 Å². The van der Waals surface area contributed by atoms with Crippen molar-refractivity contribution in [3.8, 4) is 0 Å². The molecule has 1 aromatic rings. The van der Waals surface area contributed by atoms with Crippen LogP contribution in [0.5, 0.6) is 0 Å². The Morgan fingerprint density at radius 3 is 3.04 bits per heavy atom. The molecule has 0 bridgehead atoms. The number of rotatable bonds is 4. The van der Waals surface area contributed by atoms with Gasteiger partial charge in [0.05, 0.1) is 23.6 Å². The summed E-state index contributed by atoms with van der Waals surface area (Å²) in [7, 11) is 0. The molecule has 4 atom stereocenters. The molecule has 3 aliphatic rings. The molecule has 0 radical (unpaired) electrons. The normalized spacial score (nSPS) is 27.4. The lowest BCUT2D eigenvalue weighted by molar-refractivity contribution is -0.158. The van der Waals surface area contributed by atoms with Gasteiger partial charge < -0.3 is 14.7 Å². The van der Waals surface area contributed by atoms with Gasteiger partial charge in [0.15, 0.2) is 0 Å². The van der Waals surface area contributed by atoms with Crippen molar-refractivity contribution < 1.29 is 19.4 Å². The molecule has 1 fully saturated rings. The largest absolute Gasteiger partial charge is 0.458 e. The van der Waals surface area contributed by atoms with Crippen molar-refractivity contribution in [3.63, 3.8) is 0 Å². The van der Waals surface area contributed by atoms with Crippen LogP contribution >= 0.6 is 0 Å². The lowest BCUT2D eigenvalue weighted by atomic mass is 9.70. The highest BCUT2D eigenvalue weighted by atomic mass is 16.5. The number of β-lactam (4-membered cyclic amide) rings is 1. The SMILES string of the molecule is C=CCOC(=O)c1cccc2c1C1=CN3C(=O)[C@H]([C@@H](C)O)[C@H]3[C@@H]1CC2. The summed E-state index contributed by atoms with van der Waals surface area (Å²) in [5, 5.41) is 9.96. The molecule has 2 heterocycles. The van der Waals surface area contributed by atoms with E-state index in [1.54, 1.807) is 24.0 Å². The van der Waals surface area contributed by atoms with E-state index >= 15 is 0 Å². The van der Waals surface area contributed by atoms with E-state index in [1.807, 2.05) is 18.3 Å². The predicted octanol–water partition coefficient (Wildman–Crippen LogP) is 2.15. The Bertz CT molecular complexity index is 795. The molecule has 130 valence electrons. The second-order valence-corrected chi connectivity index (χ2v) is 6.96. The maximum absolute atomic E-state index is 12.5. The van der Waals surface area contributed by atoms with Crippen LogP contribution in [0.1, 0.15) is 34.8 Å². The quantitative estimate of drug-likeness (QED) is 0.519. The molecule has 2 aliphatic heterocycles. The molecule has 1 saturated heterocycles. The summed E-state index contributed by atoms with van der Waals surface area (Å²) in [6.45, 7) is 5.41. The molecule has 1 aliphatic carbocycles. The summed E-state index contributed by atoms with van der Waals surface area (Å²) in [5.74, 6) is -0.584. The number of ether oxygens (including phenoxy) is 1. The first kappa shape index (κ1) is 16.1. The number of fused-ring (bicyclic) bond motifs is 5. The van der Waals surface area contributed by atoms with E-state index in [0.29, 0.717) is 5.56 Å². The fourth-order valence-corrected chi connectivity index (χ4v) is 4.49. The Morgan fingerprint density at radius 2 is 2.32 bits per heavy atom. The van der Waals surface area contributed by atoms with Gasteiger partial charge in [-0.3, -0.25) is 4.79 Å². The molecule has 0 spiro atoms. The number of carbonyl (C=O) groups is 2. The van der Waals surface area contributed by atoms with Crippen molar-refractivity contribution in [2.75, 3.05) is 6.61 Å². The van der Waals surface area contributed by atoms with Crippen LogP contribution in [-0.4, -0.2) is 40.6 Å². The van der Waals surface area contributed by atoms with Gasteiger partial charge in [-0.2, -0.15) is 0 Å². The number of hydrogen-bond donors (Lipinski definition) is 1. The number of aliphatic hydroxyl groups excluding tert-OH is 1. The lowest BCUT2D eigenvalue weighted by Crippen LogP contribution is -2.62. The molecule has 0 saturated carbocycles. The number of amides is 1. The van der Waals surface area contributed by atoms with Crippen LogP contribution < -0.4 is 0 Å². The minimum Gasteiger partial charge on any atom is -0.458 e. The third-order valence-electron chi connectivity index (χ3n) is 5.55. The monoisotopic (exact) mass is 339 g/mol. The van der Waals surface area contributed by atoms with E-state index in [0.717, 1.165) is 29.5 Å². The van der Waals surface area contributed by atoms with Crippen LogP contribution in [-0.2, 0) is 16.0 Å². The Balaban J connectivity index is 1.74. The van der Waals surface area contributed by atoms with Crippen molar-refractivity contribution in [1.82, 2.24) is 4.90 Å². The van der Waals surface area contributed by atoms with Crippen LogP contribution in [0.3, 0.4) is 0 Å². The second kappa shape index (κ2) is 5.85.